The van der Waals surface area contributed by atoms with Gasteiger partial charge in [0.25, 0.3) is 0 Å². The number of para-hydroxylation sites is 1. The summed E-state index contributed by atoms with van der Waals surface area (Å²) in [5.41, 5.74) is 9.63. The first-order chi connectivity index (χ1) is 9.13. The summed E-state index contributed by atoms with van der Waals surface area (Å²) in [7, 11) is 0. The SMILES string of the molecule is NNC(Cc1c(F)cccc1F)c1ccccc1N. The second-order valence-corrected chi connectivity index (χ2v) is 4.25. The van der Waals surface area contributed by atoms with Crippen LogP contribution in [0.1, 0.15) is 17.2 Å². The van der Waals surface area contributed by atoms with Crippen molar-refractivity contribution in [3.8, 4) is 0 Å². The van der Waals surface area contributed by atoms with Crippen molar-refractivity contribution in [3.05, 3.63) is 65.2 Å². The molecular weight excluding hydrogens is 248 g/mol. The molecule has 100 valence electrons. The highest BCUT2D eigenvalue weighted by atomic mass is 19.1. The number of hydrogen-bond acceptors (Lipinski definition) is 3. The van der Waals surface area contributed by atoms with Crippen LogP contribution < -0.4 is 17.0 Å². The average Bonchev–Trinajstić information content (AvgIpc) is 2.40. The Kier molecular flexibility index (Phi) is 4.09. The predicted octanol–water partition coefficient (Wildman–Crippen LogP) is 2.29. The van der Waals surface area contributed by atoms with Crippen molar-refractivity contribution >= 4 is 5.69 Å². The Morgan fingerprint density at radius 3 is 2.21 bits per heavy atom. The first kappa shape index (κ1) is 13.5. The summed E-state index contributed by atoms with van der Waals surface area (Å²) in [5, 5.41) is 0. The third kappa shape index (κ3) is 2.89. The fourth-order valence-electron chi connectivity index (χ4n) is 2.02. The number of hydrazine groups is 1. The Labute approximate surface area is 110 Å². The van der Waals surface area contributed by atoms with Crippen molar-refractivity contribution < 1.29 is 8.78 Å². The van der Waals surface area contributed by atoms with E-state index in [0.717, 1.165) is 0 Å². The number of nitrogens with one attached hydrogen (secondary N) is 1. The van der Waals surface area contributed by atoms with Crippen LogP contribution >= 0.6 is 0 Å². The normalized spacial score (nSPS) is 12.4. The van der Waals surface area contributed by atoms with Gasteiger partial charge in [-0.1, -0.05) is 24.3 Å². The van der Waals surface area contributed by atoms with Gasteiger partial charge in [0.2, 0.25) is 0 Å². The summed E-state index contributed by atoms with van der Waals surface area (Å²) in [5.74, 6) is 4.29. The second-order valence-electron chi connectivity index (χ2n) is 4.25. The molecule has 2 rings (SSSR count). The zero-order chi connectivity index (χ0) is 13.8. The van der Waals surface area contributed by atoms with E-state index in [1.807, 2.05) is 0 Å². The van der Waals surface area contributed by atoms with Crippen molar-refractivity contribution in [2.75, 3.05) is 5.73 Å². The maximum Gasteiger partial charge on any atom is 0.129 e. The molecule has 0 spiro atoms. The van der Waals surface area contributed by atoms with E-state index in [4.69, 9.17) is 11.6 Å². The van der Waals surface area contributed by atoms with Crippen molar-refractivity contribution in [1.29, 1.82) is 0 Å². The lowest BCUT2D eigenvalue weighted by atomic mass is 9.97. The molecule has 5 N–H and O–H groups in total. The number of rotatable bonds is 4. The fraction of sp³-hybridized carbons (Fsp3) is 0.143. The lowest BCUT2D eigenvalue weighted by molar-refractivity contribution is 0.500. The third-order valence-electron chi connectivity index (χ3n) is 3.04. The summed E-state index contributed by atoms with van der Waals surface area (Å²) >= 11 is 0. The Hall–Kier alpha value is -1.98. The van der Waals surface area contributed by atoms with Crippen molar-refractivity contribution in [2.24, 2.45) is 5.84 Å². The lowest BCUT2D eigenvalue weighted by Crippen LogP contribution is -2.30. The van der Waals surface area contributed by atoms with Gasteiger partial charge >= 0.3 is 0 Å². The standard InChI is InChI=1S/C14H15F2N3/c15-11-5-3-6-12(16)10(11)8-14(19-18)9-4-1-2-7-13(9)17/h1-7,14,19H,8,17-18H2. The molecule has 5 heteroatoms. The van der Waals surface area contributed by atoms with Gasteiger partial charge in [-0.3, -0.25) is 11.3 Å². The molecule has 0 amide bonds. The van der Waals surface area contributed by atoms with Gasteiger partial charge in [0, 0.05) is 11.3 Å². The molecule has 1 unspecified atom stereocenters. The molecular formula is C14H15F2N3. The van der Waals surface area contributed by atoms with Crippen LogP contribution in [0.3, 0.4) is 0 Å². The van der Waals surface area contributed by atoms with E-state index in [-0.39, 0.29) is 12.0 Å². The molecule has 0 bridgehead atoms. The monoisotopic (exact) mass is 263 g/mol. The molecule has 0 aliphatic carbocycles. The number of anilines is 1. The molecule has 0 saturated heterocycles. The lowest BCUT2D eigenvalue weighted by Gasteiger charge is -2.18. The highest BCUT2D eigenvalue weighted by Crippen LogP contribution is 2.25. The molecule has 0 aromatic heterocycles. The minimum Gasteiger partial charge on any atom is -0.398 e. The van der Waals surface area contributed by atoms with E-state index in [1.165, 1.54) is 18.2 Å². The predicted molar refractivity (Wildman–Crippen MR) is 71.0 cm³/mol. The molecule has 0 aliphatic rings. The molecule has 0 aliphatic heterocycles. The van der Waals surface area contributed by atoms with E-state index in [2.05, 4.69) is 5.43 Å². The smallest absolute Gasteiger partial charge is 0.129 e. The van der Waals surface area contributed by atoms with Crippen LogP contribution in [0.2, 0.25) is 0 Å². The van der Waals surface area contributed by atoms with Gasteiger partial charge < -0.3 is 5.73 Å². The van der Waals surface area contributed by atoms with Gasteiger partial charge in [-0.25, -0.2) is 8.78 Å². The zero-order valence-electron chi connectivity index (χ0n) is 10.2. The summed E-state index contributed by atoms with van der Waals surface area (Å²) < 4.78 is 27.2. The number of hydrogen-bond donors (Lipinski definition) is 3. The van der Waals surface area contributed by atoms with E-state index in [1.54, 1.807) is 24.3 Å². The van der Waals surface area contributed by atoms with Crippen LogP contribution in [-0.4, -0.2) is 0 Å². The first-order valence-corrected chi connectivity index (χ1v) is 5.87. The van der Waals surface area contributed by atoms with Gasteiger partial charge in [-0.15, -0.1) is 0 Å². The second kappa shape index (κ2) is 5.77. The van der Waals surface area contributed by atoms with Gasteiger partial charge in [0.15, 0.2) is 0 Å². The largest absolute Gasteiger partial charge is 0.398 e. The van der Waals surface area contributed by atoms with E-state index >= 15 is 0 Å². The molecule has 3 nitrogen and oxygen atoms in total. The zero-order valence-corrected chi connectivity index (χ0v) is 10.2. The molecule has 0 saturated carbocycles. The number of benzene rings is 2. The third-order valence-corrected chi connectivity index (χ3v) is 3.04. The van der Waals surface area contributed by atoms with E-state index in [0.29, 0.717) is 11.3 Å². The fourth-order valence-corrected chi connectivity index (χ4v) is 2.02. The number of nitrogen functional groups attached to an aromatic ring is 1. The minimum atomic E-state index is -0.588. The molecule has 1 atom stereocenters. The van der Waals surface area contributed by atoms with Crippen molar-refractivity contribution in [2.45, 2.75) is 12.5 Å². The van der Waals surface area contributed by atoms with Crippen LogP contribution in [0.25, 0.3) is 0 Å². The minimum absolute atomic E-state index is 0.00583. The number of halogens is 2. The highest BCUT2D eigenvalue weighted by molar-refractivity contribution is 5.48. The van der Waals surface area contributed by atoms with Crippen molar-refractivity contribution in [1.82, 2.24) is 5.43 Å². The number of nitrogens with two attached hydrogens (primary N) is 2. The van der Waals surface area contributed by atoms with Crippen LogP contribution in [0.4, 0.5) is 14.5 Å². The maximum absolute atomic E-state index is 13.6. The molecule has 2 aromatic rings. The summed E-state index contributed by atoms with van der Waals surface area (Å²) in [6.45, 7) is 0. The maximum atomic E-state index is 13.6. The van der Waals surface area contributed by atoms with Crippen LogP contribution in [0, 0.1) is 11.6 Å². The van der Waals surface area contributed by atoms with Crippen LogP contribution in [0.5, 0.6) is 0 Å². The first-order valence-electron chi connectivity index (χ1n) is 5.87. The summed E-state index contributed by atoms with van der Waals surface area (Å²) in [6.07, 6.45) is 0.0865. The highest BCUT2D eigenvalue weighted by Gasteiger charge is 2.17. The Balaban J connectivity index is 2.32. The molecule has 0 radical (unpaired) electrons. The Morgan fingerprint density at radius 2 is 1.63 bits per heavy atom. The molecule has 0 heterocycles. The molecule has 0 fully saturated rings. The van der Waals surface area contributed by atoms with Gasteiger partial charge in [-0.2, -0.15) is 0 Å². The molecule has 2 aromatic carbocycles. The molecule has 19 heavy (non-hydrogen) atoms. The van der Waals surface area contributed by atoms with Crippen molar-refractivity contribution in [3.63, 3.8) is 0 Å². The van der Waals surface area contributed by atoms with Gasteiger partial charge in [0.05, 0.1) is 6.04 Å². The van der Waals surface area contributed by atoms with E-state index < -0.39 is 17.7 Å². The summed E-state index contributed by atoms with van der Waals surface area (Å²) in [4.78, 5) is 0. The van der Waals surface area contributed by atoms with E-state index in [9.17, 15) is 8.78 Å². The van der Waals surface area contributed by atoms with Crippen LogP contribution in [-0.2, 0) is 6.42 Å². The average molecular weight is 263 g/mol. The van der Waals surface area contributed by atoms with Crippen LogP contribution in [0.15, 0.2) is 42.5 Å². The van der Waals surface area contributed by atoms with Gasteiger partial charge in [-0.05, 0) is 30.2 Å². The summed E-state index contributed by atoms with van der Waals surface area (Å²) in [6, 6.07) is 10.4. The Morgan fingerprint density at radius 1 is 1.00 bits per heavy atom. The quantitative estimate of drug-likeness (QED) is 0.450. The Bertz CT molecular complexity index is 552. The topological polar surface area (TPSA) is 64.1 Å². The van der Waals surface area contributed by atoms with Gasteiger partial charge in [0.1, 0.15) is 11.6 Å².